The third-order valence-electron chi connectivity index (χ3n) is 4.79. The number of benzene rings is 2. The molecule has 2 aromatic heterocycles. The molecule has 3 N–H and O–H groups in total. The summed E-state index contributed by atoms with van der Waals surface area (Å²) >= 11 is 0. The van der Waals surface area contributed by atoms with Gasteiger partial charge in [-0.3, -0.25) is 0 Å². The second-order valence-corrected chi connectivity index (χ2v) is 8.27. The highest BCUT2D eigenvalue weighted by atomic mass is 19.1. The van der Waals surface area contributed by atoms with Crippen LogP contribution < -0.4 is 15.8 Å². The van der Waals surface area contributed by atoms with Gasteiger partial charge in [0.05, 0.1) is 23.2 Å². The average molecular weight is 438 g/mol. The second-order valence-electron chi connectivity index (χ2n) is 8.27. The maximum atomic E-state index is 14.7. The fraction of sp³-hybridized carbons (Fsp3) is 0.261. The van der Waals surface area contributed by atoms with Crippen LogP contribution in [-0.2, 0) is 5.54 Å². The molecule has 0 amide bonds. The van der Waals surface area contributed by atoms with Gasteiger partial charge in [-0.15, -0.1) is 5.10 Å². The molecule has 0 radical (unpaired) electrons. The zero-order valence-electron chi connectivity index (χ0n) is 18.1. The van der Waals surface area contributed by atoms with Gasteiger partial charge in [-0.05, 0) is 45.0 Å². The fourth-order valence-corrected chi connectivity index (χ4v) is 3.33. The van der Waals surface area contributed by atoms with Crippen molar-refractivity contribution in [2.24, 2.45) is 0 Å². The molecule has 0 aliphatic rings. The third kappa shape index (κ3) is 4.32. The molecule has 4 aromatic rings. The van der Waals surface area contributed by atoms with Crippen molar-refractivity contribution in [2.75, 3.05) is 24.2 Å². The molecule has 0 fully saturated rings. The van der Waals surface area contributed by atoms with E-state index in [1.165, 1.54) is 12.1 Å². The highest BCUT2D eigenvalue weighted by Gasteiger charge is 2.25. The monoisotopic (exact) mass is 438 g/mol. The Balaban J connectivity index is 1.71. The summed E-state index contributed by atoms with van der Waals surface area (Å²) in [6.07, 6.45) is 0. The highest BCUT2D eigenvalue weighted by molar-refractivity contribution is 5.99. The van der Waals surface area contributed by atoms with Gasteiger partial charge >= 0.3 is 0 Å². The topological polar surface area (TPSA) is 90.9 Å². The number of ether oxygens (including phenoxy) is 1. The molecule has 4 rings (SSSR count). The number of nitrogens with zero attached hydrogens (tertiary/aromatic N) is 4. The number of nitrogens with one attached hydrogen (secondary N) is 1. The first kappa shape index (κ1) is 21.5. The Hall–Kier alpha value is -3.75. The van der Waals surface area contributed by atoms with E-state index in [4.69, 9.17) is 10.5 Å². The van der Waals surface area contributed by atoms with Crippen molar-refractivity contribution in [3.63, 3.8) is 0 Å². The number of anilines is 2. The van der Waals surface area contributed by atoms with Crippen molar-refractivity contribution in [1.82, 2.24) is 19.7 Å². The lowest BCUT2D eigenvalue weighted by Gasteiger charge is -2.20. The van der Waals surface area contributed by atoms with Crippen molar-refractivity contribution in [1.29, 1.82) is 0 Å². The minimum atomic E-state index is -0.744. The van der Waals surface area contributed by atoms with Crippen molar-refractivity contribution in [2.45, 2.75) is 26.3 Å². The number of fused-ring (bicyclic) bond motifs is 1. The van der Waals surface area contributed by atoms with E-state index in [0.717, 1.165) is 11.8 Å². The summed E-state index contributed by atoms with van der Waals surface area (Å²) in [6.45, 7) is 6.61. The minimum absolute atomic E-state index is 0.113. The molecule has 166 valence electrons. The van der Waals surface area contributed by atoms with Gasteiger partial charge in [-0.2, -0.15) is 4.98 Å². The molecule has 0 aliphatic heterocycles. The molecule has 32 heavy (non-hydrogen) atoms. The van der Waals surface area contributed by atoms with Crippen molar-refractivity contribution < 1.29 is 13.5 Å². The van der Waals surface area contributed by atoms with Gasteiger partial charge in [-0.25, -0.2) is 18.4 Å². The van der Waals surface area contributed by atoms with Crippen LogP contribution in [0.15, 0.2) is 48.5 Å². The molecule has 0 atom stereocenters. The van der Waals surface area contributed by atoms with E-state index in [2.05, 4.69) is 20.4 Å². The number of halogens is 2. The van der Waals surface area contributed by atoms with Crippen LogP contribution in [0.5, 0.6) is 5.75 Å². The Labute approximate surface area is 184 Å². The normalized spacial score (nSPS) is 11.7. The Morgan fingerprint density at radius 3 is 2.50 bits per heavy atom. The SMILES string of the molecule is CC(C)(C)n1nc2nc(NCCOc3ccccc3)nc(-c3ccc(F)cc3F)c2c1N. The molecular formula is C23H24F2N6O. The van der Waals surface area contributed by atoms with Gasteiger partial charge in [0.25, 0.3) is 0 Å². The first-order chi connectivity index (χ1) is 15.2. The molecule has 2 aromatic carbocycles. The van der Waals surface area contributed by atoms with E-state index in [-0.39, 0.29) is 17.2 Å². The summed E-state index contributed by atoms with van der Waals surface area (Å²) in [5.41, 5.74) is 6.61. The number of aromatic nitrogens is 4. The van der Waals surface area contributed by atoms with E-state index in [9.17, 15) is 8.78 Å². The first-order valence-electron chi connectivity index (χ1n) is 10.2. The Morgan fingerprint density at radius 2 is 1.81 bits per heavy atom. The van der Waals surface area contributed by atoms with Gasteiger partial charge in [0, 0.05) is 11.6 Å². The molecule has 0 unspecified atom stereocenters. The standard InChI is InChI=1S/C23H24F2N6O/c1-23(2,3)31-20(26)18-19(16-10-9-14(24)13-17(16)25)28-22(29-21(18)30-31)27-11-12-32-15-7-5-4-6-8-15/h4-10,13H,11-12,26H2,1-3H3,(H,27,29,30). The summed E-state index contributed by atoms with van der Waals surface area (Å²) in [5.74, 6) is -0.120. The lowest BCUT2D eigenvalue weighted by molar-refractivity contribution is 0.332. The minimum Gasteiger partial charge on any atom is -0.492 e. The summed E-state index contributed by atoms with van der Waals surface area (Å²) in [4.78, 5) is 8.95. The van der Waals surface area contributed by atoms with Crippen LogP contribution in [0.2, 0.25) is 0 Å². The molecule has 7 nitrogen and oxygen atoms in total. The Bertz CT molecular complexity index is 1250. The van der Waals surface area contributed by atoms with E-state index in [1.807, 2.05) is 51.1 Å². The number of hydrogen-bond acceptors (Lipinski definition) is 6. The summed E-state index contributed by atoms with van der Waals surface area (Å²) in [6, 6.07) is 12.7. The Morgan fingerprint density at radius 1 is 1.06 bits per heavy atom. The van der Waals surface area contributed by atoms with Crippen LogP contribution >= 0.6 is 0 Å². The zero-order valence-corrected chi connectivity index (χ0v) is 18.1. The van der Waals surface area contributed by atoms with E-state index >= 15 is 0 Å². The largest absolute Gasteiger partial charge is 0.492 e. The van der Waals surface area contributed by atoms with Gasteiger partial charge in [-0.1, -0.05) is 18.2 Å². The Kier molecular flexibility index (Phi) is 5.65. The zero-order chi connectivity index (χ0) is 22.9. The van der Waals surface area contributed by atoms with Crippen LogP contribution in [0.3, 0.4) is 0 Å². The van der Waals surface area contributed by atoms with Gasteiger partial charge in [0.1, 0.15) is 29.8 Å². The molecule has 0 saturated heterocycles. The maximum Gasteiger partial charge on any atom is 0.225 e. The maximum absolute atomic E-state index is 14.7. The fourth-order valence-electron chi connectivity index (χ4n) is 3.33. The lowest BCUT2D eigenvalue weighted by atomic mass is 10.1. The van der Waals surface area contributed by atoms with Crippen LogP contribution in [0, 0.1) is 11.6 Å². The summed E-state index contributed by atoms with van der Waals surface area (Å²) in [5, 5.41) is 8.02. The molecule has 0 spiro atoms. The molecule has 0 saturated carbocycles. The quantitative estimate of drug-likeness (QED) is 0.428. The molecule has 2 heterocycles. The predicted octanol–water partition coefficient (Wildman–Crippen LogP) is 4.60. The van der Waals surface area contributed by atoms with Gasteiger partial charge in [0.2, 0.25) is 5.95 Å². The van der Waals surface area contributed by atoms with E-state index in [1.54, 1.807) is 4.68 Å². The van der Waals surface area contributed by atoms with E-state index < -0.39 is 17.2 Å². The average Bonchev–Trinajstić information content (AvgIpc) is 3.09. The smallest absolute Gasteiger partial charge is 0.225 e. The highest BCUT2D eigenvalue weighted by Crippen LogP contribution is 2.35. The third-order valence-corrected chi connectivity index (χ3v) is 4.79. The molecule has 0 bridgehead atoms. The van der Waals surface area contributed by atoms with Crippen LogP contribution in [0.25, 0.3) is 22.3 Å². The predicted molar refractivity (Wildman–Crippen MR) is 121 cm³/mol. The van der Waals surface area contributed by atoms with Crippen LogP contribution in [-0.4, -0.2) is 32.9 Å². The lowest BCUT2D eigenvalue weighted by Crippen LogP contribution is -2.24. The molecular weight excluding hydrogens is 414 g/mol. The second kappa shape index (κ2) is 8.41. The molecule has 0 aliphatic carbocycles. The summed E-state index contributed by atoms with van der Waals surface area (Å²) in [7, 11) is 0. The summed E-state index contributed by atoms with van der Waals surface area (Å²) < 4.78 is 35.5. The number of para-hydroxylation sites is 1. The van der Waals surface area contributed by atoms with E-state index in [0.29, 0.717) is 30.0 Å². The first-order valence-corrected chi connectivity index (χ1v) is 10.2. The van der Waals surface area contributed by atoms with Crippen LogP contribution in [0.4, 0.5) is 20.5 Å². The molecule has 9 heteroatoms. The van der Waals surface area contributed by atoms with Crippen molar-refractivity contribution >= 4 is 22.8 Å². The number of nitrogens with two attached hydrogens (primary N) is 1. The number of hydrogen-bond donors (Lipinski definition) is 2. The number of nitrogen functional groups attached to an aromatic ring is 1. The number of rotatable bonds is 6. The van der Waals surface area contributed by atoms with Gasteiger partial charge < -0.3 is 15.8 Å². The van der Waals surface area contributed by atoms with Crippen LogP contribution in [0.1, 0.15) is 20.8 Å². The van der Waals surface area contributed by atoms with Crippen molar-refractivity contribution in [3.05, 3.63) is 60.2 Å². The van der Waals surface area contributed by atoms with Gasteiger partial charge in [0.15, 0.2) is 5.65 Å². The van der Waals surface area contributed by atoms with Crippen molar-refractivity contribution in [3.8, 4) is 17.0 Å².